The van der Waals surface area contributed by atoms with Crippen LogP contribution in [0, 0.1) is 0 Å². The molecule has 0 atom stereocenters. The van der Waals surface area contributed by atoms with E-state index in [2.05, 4.69) is 14.9 Å². The smallest absolute Gasteiger partial charge is 0.240 e. The lowest BCUT2D eigenvalue weighted by Gasteiger charge is -2.26. The number of nitrogens with zero attached hydrogens (tertiary/aromatic N) is 1. The second-order valence-corrected chi connectivity index (χ2v) is 9.38. The van der Waals surface area contributed by atoms with Crippen molar-refractivity contribution in [2.45, 2.75) is 17.7 Å². The molecular weight excluding hydrogens is 446 g/mol. The van der Waals surface area contributed by atoms with Crippen molar-refractivity contribution in [2.24, 2.45) is 0 Å². The Balaban J connectivity index is 1.44. The molecule has 0 aliphatic carbocycles. The van der Waals surface area contributed by atoms with Crippen LogP contribution in [0.2, 0.25) is 0 Å². The van der Waals surface area contributed by atoms with Gasteiger partial charge in [-0.25, -0.2) is 13.1 Å². The van der Waals surface area contributed by atoms with Crippen molar-refractivity contribution in [1.29, 1.82) is 0 Å². The number of hydrogen-bond acceptors (Lipinski definition) is 7. The summed E-state index contributed by atoms with van der Waals surface area (Å²) in [6, 6.07) is 12.0. The zero-order chi connectivity index (χ0) is 23.7. The standard InChI is InChI=1S/C23H31N3O6S/c1-30-21-8-7-20(17-22(21)31-2)33(28,29)24-11-9-23(27)25-19-5-3-18(4-6-19)10-12-26-13-15-32-16-14-26/h3-8,17,24H,9-16H2,1-2H3,(H,25,27). The maximum Gasteiger partial charge on any atom is 0.240 e. The van der Waals surface area contributed by atoms with Crippen LogP contribution in [0.1, 0.15) is 12.0 Å². The number of carbonyl (C=O) groups is 1. The van der Waals surface area contributed by atoms with Gasteiger partial charge in [-0.3, -0.25) is 9.69 Å². The zero-order valence-electron chi connectivity index (χ0n) is 19.0. The zero-order valence-corrected chi connectivity index (χ0v) is 19.8. The van der Waals surface area contributed by atoms with E-state index in [4.69, 9.17) is 14.2 Å². The van der Waals surface area contributed by atoms with E-state index >= 15 is 0 Å². The highest BCUT2D eigenvalue weighted by atomic mass is 32.2. The molecule has 0 unspecified atom stereocenters. The van der Waals surface area contributed by atoms with Crippen LogP contribution in [0.25, 0.3) is 0 Å². The number of morpholine rings is 1. The van der Waals surface area contributed by atoms with Crippen molar-refractivity contribution in [3.63, 3.8) is 0 Å². The second kappa shape index (κ2) is 12.0. The van der Waals surface area contributed by atoms with E-state index in [1.807, 2.05) is 24.3 Å². The summed E-state index contributed by atoms with van der Waals surface area (Å²) in [7, 11) is -0.878. The first-order valence-electron chi connectivity index (χ1n) is 10.8. The highest BCUT2D eigenvalue weighted by Gasteiger charge is 2.17. The third-order valence-corrected chi connectivity index (χ3v) is 6.83. The average molecular weight is 478 g/mol. The Morgan fingerprint density at radius 1 is 1.03 bits per heavy atom. The fourth-order valence-corrected chi connectivity index (χ4v) is 4.50. The predicted octanol–water partition coefficient (Wildman–Crippen LogP) is 1.89. The molecule has 1 fully saturated rings. The van der Waals surface area contributed by atoms with E-state index in [0.717, 1.165) is 39.3 Å². The van der Waals surface area contributed by atoms with Gasteiger partial charge in [0.2, 0.25) is 15.9 Å². The number of nitrogens with one attached hydrogen (secondary N) is 2. The monoisotopic (exact) mass is 477 g/mol. The third kappa shape index (κ3) is 7.43. The van der Waals surface area contributed by atoms with E-state index in [1.165, 1.54) is 38.0 Å². The molecule has 0 radical (unpaired) electrons. The van der Waals surface area contributed by atoms with Crippen LogP contribution in [0.4, 0.5) is 5.69 Å². The lowest BCUT2D eigenvalue weighted by atomic mass is 10.1. The first kappa shape index (κ1) is 25.0. The van der Waals surface area contributed by atoms with Crippen molar-refractivity contribution < 1.29 is 27.4 Å². The van der Waals surface area contributed by atoms with Crippen LogP contribution in [0.5, 0.6) is 11.5 Å². The van der Waals surface area contributed by atoms with Gasteiger partial charge >= 0.3 is 0 Å². The number of benzene rings is 2. The van der Waals surface area contributed by atoms with E-state index < -0.39 is 10.0 Å². The first-order valence-corrected chi connectivity index (χ1v) is 12.3. The minimum Gasteiger partial charge on any atom is -0.493 e. The number of anilines is 1. The van der Waals surface area contributed by atoms with Crippen LogP contribution in [0.15, 0.2) is 47.4 Å². The maximum absolute atomic E-state index is 12.5. The lowest BCUT2D eigenvalue weighted by Crippen LogP contribution is -2.37. The molecule has 2 N–H and O–H groups in total. The lowest BCUT2D eigenvalue weighted by molar-refractivity contribution is -0.116. The second-order valence-electron chi connectivity index (χ2n) is 7.61. The fourth-order valence-electron chi connectivity index (χ4n) is 3.46. The largest absolute Gasteiger partial charge is 0.493 e. The minimum absolute atomic E-state index is 0.00526. The Bertz CT molecular complexity index is 1020. The Morgan fingerprint density at radius 2 is 1.73 bits per heavy atom. The molecule has 33 heavy (non-hydrogen) atoms. The van der Waals surface area contributed by atoms with Crippen molar-refractivity contribution in [1.82, 2.24) is 9.62 Å². The highest BCUT2D eigenvalue weighted by Crippen LogP contribution is 2.29. The number of hydrogen-bond donors (Lipinski definition) is 2. The third-order valence-electron chi connectivity index (χ3n) is 5.37. The van der Waals surface area contributed by atoms with E-state index in [-0.39, 0.29) is 23.8 Å². The molecule has 10 heteroatoms. The van der Waals surface area contributed by atoms with Crippen LogP contribution >= 0.6 is 0 Å². The molecule has 1 saturated heterocycles. The summed E-state index contributed by atoms with van der Waals surface area (Å²) in [5, 5.41) is 2.80. The van der Waals surface area contributed by atoms with Crippen molar-refractivity contribution in [2.75, 3.05) is 58.9 Å². The molecule has 1 heterocycles. The molecule has 0 saturated carbocycles. The molecule has 1 aliphatic heterocycles. The molecule has 3 rings (SSSR count). The van der Waals surface area contributed by atoms with Crippen LogP contribution in [-0.4, -0.2) is 72.8 Å². The van der Waals surface area contributed by atoms with Gasteiger partial charge in [-0.15, -0.1) is 0 Å². The Kier molecular flexibility index (Phi) is 9.07. The molecule has 1 aliphatic rings. The van der Waals surface area contributed by atoms with Gasteiger partial charge < -0.3 is 19.5 Å². The van der Waals surface area contributed by atoms with Crippen LogP contribution in [-0.2, 0) is 26.0 Å². The summed E-state index contributed by atoms with van der Waals surface area (Å²) in [6.07, 6.45) is 0.942. The van der Waals surface area contributed by atoms with E-state index in [0.29, 0.717) is 17.2 Å². The summed E-state index contributed by atoms with van der Waals surface area (Å²) in [5.41, 5.74) is 1.88. The summed E-state index contributed by atoms with van der Waals surface area (Å²) < 4.78 is 43.1. The average Bonchev–Trinajstić information content (AvgIpc) is 2.83. The van der Waals surface area contributed by atoms with E-state index in [1.54, 1.807) is 0 Å². The van der Waals surface area contributed by atoms with E-state index in [9.17, 15) is 13.2 Å². The van der Waals surface area contributed by atoms with Gasteiger partial charge in [-0.2, -0.15) is 0 Å². The number of carbonyl (C=O) groups excluding carboxylic acids is 1. The van der Waals surface area contributed by atoms with Crippen LogP contribution < -0.4 is 19.5 Å². The minimum atomic E-state index is -3.79. The Hall–Kier alpha value is -2.66. The van der Waals surface area contributed by atoms with Gasteiger partial charge in [0.05, 0.1) is 32.3 Å². The number of methoxy groups -OCH3 is 2. The summed E-state index contributed by atoms with van der Waals surface area (Å²) in [5.74, 6) is 0.473. The molecule has 1 amide bonds. The number of sulfonamides is 1. The van der Waals surface area contributed by atoms with Gasteiger partial charge in [0.25, 0.3) is 0 Å². The number of amides is 1. The predicted molar refractivity (Wildman–Crippen MR) is 125 cm³/mol. The van der Waals surface area contributed by atoms with Gasteiger partial charge in [-0.1, -0.05) is 12.1 Å². The molecule has 0 bridgehead atoms. The number of rotatable bonds is 11. The molecule has 180 valence electrons. The highest BCUT2D eigenvalue weighted by molar-refractivity contribution is 7.89. The fraction of sp³-hybridized carbons (Fsp3) is 0.435. The quantitative estimate of drug-likeness (QED) is 0.509. The topological polar surface area (TPSA) is 106 Å². The van der Waals surface area contributed by atoms with Gasteiger partial charge in [0.1, 0.15) is 0 Å². The normalized spacial score (nSPS) is 14.6. The molecule has 2 aromatic carbocycles. The molecule has 9 nitrogen and oxygen atoms in total. The molecular formula is C23H31N3O6S. The van der Waals surface area contributed by atoms with Crippen LogP contribution in [0.3, 0.4) is 0 Å². The van der Waals surface area contributed by atoms with Gasteiger partial charge in [0.15, 0.2) is 11.5 Å². The molecule has 2 aromatic rings. The first-order chi connectivity index (χ1) is 15.9. The van der Waals surface area contributed by atoms with Crippen molar-refractivity contribution in [3.8, 4) is 11.5 Å². The number of ether oxygens (including phenoxy) is 3. The summed E-state index contributed by atoms with van der Waals surface area (Å²) >= 11 is 0. The van der Waals surface area contributed by atoms with Gasteiger partial charge in [0, 0.05) is 44.4 Å². The van der Waals surface area contributed by atoms with Gasteiger partial charge in [-0.05, 0) is 36.2 Å². The maximum atomic E-state index is 12.5. The molecule has 0 spiro atoms. The van der Waals surface area contributed by atoms with Crippen molar-refractivity contribution in [3.05, 3.63) is 48.0 Å². The Labute approximate surface area is 195 Å². The summed E-state index contributed by atoms with van der Waals surface area (Å²) in [4.78, 5) is 14.6. The van der Waals surface area contributed by atoms with Crippen molar-refractivity contribution >= 4 is 21.6 Å². The molecule has 0 aromatic heterocycles. The Morgan fingerprint density at radius 3 is 2.39 bits per heavy atom. The SMILES string of the molecule is COc1ccc(S(=O)(=O)NCCC(=O)Nc2ccc(CCN3CCOCC3)cc2)cc1OC. The summed E-state index contributed by atoms with van der Waals surface area (Å²) in [6.45, 7) is 4.45.